The van der Waals surface area contributed by atoms with Crippen LogP contribution in [0.15, 0.2) is 63.5 Å². The number of rotatable bonds is 4. The third-order valence-corrected chi connectivity index (χ3v) is 3.85. The number of hydrogen-bond acceptors (Lipinski definition) is 6. The quantitative estimate of drug-likeness (QED) is 0.435. The average Bonchev–Trinajstić information content (AvgIpc) is 2.70. The summed E-state index contributed by atoms with van der Waals surface area (Å²) >= 11 is 0. The van der Waals surface area contributed by atoms with Crippen LogP contribution in [0.4, 0.5) is 13.2 Å². The molecule has 0 radical (unpaired) electrons. The highest BCUT2D eigenvalue weighted by atomic mass is 19.4. The fourth-order valence-electron chi connectivity index (χ4n) is 2.44. The highest BCUT2D eigenvalue weighted by molar-refractivity contribution is 5.94. The molecule has 9 nitrogen and oxygen atoms in total. The van der Waals surface area contributed by atoms with E-state index in [1.165, 1.54) is 24.5 Å². The number of halogens is 3. The van der Waals surface area contributed by atoms with E-state index in [9.17, 15) is 32.7 Å². The summed E-state index contributed by atoms with van der Waals surface area (Å²) in [6.07, 6.45) is -1.17. The van der Waals surface area contributed by atoms with Crippen molar-refractivity contribution in [2.24, 2.45) is 5.10 Å². The second kappa shape index (κ2) is 8.03. The maximum absolute atomic E-state index is 12.9. The molecule has 0 aliphatic heterocycles. The highest BCUT2D eigenvalue weighted by Crippen LogP contribution is 2.30. The Balaban J connectivity index is 1.97. The molecule has 0 aliphatic rings. The molecule has 1 aromatic carbocycles. The van der Waals surface area contributed by atoms with Crippen molar-refractivity contribution in [1.82, 2.24) is 20.0 Å². The molecule has 0 fully saturated rings. The zero-order chi connectivity index (χ0) is 21.9. The molecule has 0 spiro atoms. The molecular formula is C18H12F3N5O4. The predicted octanol–water partition coefficient (Wildman–Crippen LogP) is 1.41. The molecule has 12 heteroatoms. The van der Waals surface area contributed by atoms with E-state index in [2.05, 4.69) is 15.5 Å². The normalized spacial score (nSPS) is 11.6. The molecule has 0 aliphatic carbocycles. The molecule has 0 unspecified atom stereocenters. The van der Waals surface area contributed by atoms with Gasteiger partial charge in [-0.2, -0.15) is 18.3 Å². The van der Waals surface area contributed by atoms with Crippen LogP contribution in [0.25, 0.3) is 5.69 Å². The smallest absolute Gasteiger partial charge is 0.416 e. The third-order valence-electron chi connectivity index (χ3n) is 3.85. The van der Waals surface area contributed by atoms with Gasteiger partial charge in [-0.3, -0.25) is 19.6 Å². The number of benzene rings is 1. The van der Waals surface area contributed by atoms with Crippen molar-refractivity contribution in [3.8, 4) is 11.6 Å². The molecule has 2 heterocycles. The molecule has 3 N–H and O–H groups in total. The number of hydrazone groups is 1. The van der Waals surface area contributed by atoms with Crippen LogP contribution < -0.4 is 16.7 Å². The zero-order valence-corrected chi connectivity index (χ0v) is 14.8. The van der Waals surface area contributed by atoms with Crippen molar-refractivity contribution in [3.63, 3.8) is 0 Å². The lowest BCUT2D eigenvalue weighted by Crippen LogP contribution is -2.31. The Morgan fingerprint density at radius 1 is 1.20 bits per heavy atom. The Morgan fingerprint density at radius 2 is 1.90 bits per heavy atom. The van der Waals surface area contributed by atoms with Crippen LogP contribution in [-0.2, 0) is 6.18 Å². The van der Waals surface area contributed by atoms with Crippen molar-refractivity contribution in [2.45, 2.75) is 6.18 Å². The topological polar surface area (TPSA) is 129 Å². The monoisotopic (exact) mass is 419 g/mol. The number of hydrogen-bond donors (Lipinski definition) is 3. The fraction of sp³-hybridized carbons (Fsp3) is 0.0556. The number of pyridine rings is 1. The zero-order valence-electron chi connectivity index (χ0n) is 14.8. The SMILES string of the molecule is O=C(N/N=C\c1c(O)n(-c2cccc(C(F)(F)F)c2)c(=O)[nH]c1=O)c1ccncc1. The molecule has 0 bridgehead atoms. The molecule has 154 valence electrons. The second-order valence-corrected chi connectivity index (χ2v) is 5.82. The summed E-state index contributed by atoms with van der Waals surface area (Å²) in [4.78, 5) is 41.6. The minimum absolute atomic E-state index is 0.217. The van der Waals surface area contributed by atoms with Gasteiger partial charge in [-0.05, 0) is 30.3 Å². The maximum Gasteiger partial charge on any atom is 0.416 e. The van der Waals surface area contributed by atoms with E-state index in [1.807, 2.05) is 4.98 Å². The van der Waals surface area contributed by atoms with Gasteiger partial charge in [-0.1, -0.05) is 6.07 Å². The van der Waals surface area contributed by atoms with Gasteiger partial charge in [0.15, 0.2) is 0 Å². The summed E-state index contributed by atoms with van der Waals surface area (Å²) in [5.41, 5.74) is -1.83. The van der Waals surface area contributed by atoms with Gasteiger partial charge in [0.25, 0.3) is 11.5 Å². The Kier molecular flexibility index (Phi) is 5.49. The van der Waals surface area contributed by atoms with Crippen LogP contribution in [0.2, 0.25) is 0 Å². The number of H-pyrrole nitrogens is 1. The van der Waals surface area contributed by atoms with Gasteiger partial charge >= 0.3 is 11.9 Å². The van der Waals surface area contributed by atoms with Crippen LogP contribution in [-0.4, -0.2) is 31.8 Å². The molecule has 2 aromatic heterocycles. The lowest BCUT2D eigenvalue weighted by Gasteiger charge is -2.12. The van der Waals surface area contributed by atoms with Crippen molar-refractivity contribution in [1.29, 1.82) is 0 Å². The molecular weight excluding hydrogens is 407 g/mol. The predicted molar refractivity (Wildman–Crippen MR) is 98.6 cm³/mol. The lowest BCUT2D eigenvalue weighted by atomic mass is 10.2. The third kappa shape index (κ3) is 4.27. The first-order valence-electron chi connectivity index (χ1n) is 8.18. The van der Waals surface area contributed by atoms with E-state index in [-0.39, 0.29) is 11.3 Å². The standard InChI is InChI=1S/C18H12F3N5O4/c19-18(20,21)11-2-1-3-12(8-11)26-16(29)13(15(28)24-17(26)30)9-23-25-14(27)10-4-6-22-7-5-10/h1-9,29H,(H,25,27)(H,24,28,30)/b23-9-. The summed E-state index contributed by atoms with van der Waals surface area (Å²) in [6, 6.07) is 6.41. The maximum atomic E-state index is 12.9. The van der Waals surface area contributed by atoms with Crippen LogP contribution in [0.5, 0.6) is 5.88 Å². The molecule has 0 saturated carbocycles. The number of amides is 1. The second-order valence-electron chi connectivity index (χ2n) is 5.82. The number of alkyl halides is 3. The van der Waals surface area contributed by atoms with Crippen LogP contribution in [0.3, 0.4) is 0 Å². The summed E-state index contributed by atoms with van der Waals surface area (Å²) < 4.78 is 39.3. The van der Waals surface area contributed by atoms with Crippen molar-refractivity contribution in [3.05, 3.63) is 86.3 Å². The molecule has 0 atom stereocenters. The molecule has 3 rings (SSSR count). The molecule has 0 saturated heterocycles. The van der Waals surface area contributed by atoms with Crippen LogP contribution in [0, 0.1) is 0 Å². The number of nitrogens with one attached hydrogen (secondary N) is 2. The first kappa shape index (κ1) is 20.5. The summed E-state index contributed by atoms with van der Waals surface area (Å²) in [7, 11) is 0. The Morgan fingerprint density at radius 3 is 2.57 bits per heavy atom. The number of aromatic hydroxyl groups is 1. The van der Waals surface area contributed by atoms with E-state index in [0.717, 1.165) is 24.4 Å². The minimum Gasteiger partial charge on any atom is -0.493 e. The van der Waals surface area contributed by atoms with Gasteiger partial charge in [0.2, 0.25) is 5.88 Å². The minimum atomic E-state index is -4.68. The van der Waals surface area contributed by atoms with Crippen molar-refractivity contribution in [2.75, 3.05) is 0 Å². The van der Waals surface area contributed by atoms with Crippen LogP contribution in [0.1, 0.15) is 21.5 Å². The number of carbonyl (C=O) groups is 1. The van der Waals surface area contributed by atoms with E-state index in [4.69, 9.17) is 0 Å². The largest absolute Gasteiger partial charge is 0.493 e. The van der Waals surface area contributed by atoms with Gasteiger partial charge in [-0.25, -0.2) is 14.8 Å². The number of aromatic amines is 1. The van der Waals surface area contributed by atoms with E-state index >= 15 is 0 Å². The Labute approximate surface area is 165 Å². The molecule has 3 aromatic rings. The highest BCUT2D eigenvalue weighted by Gasteiger charge is 2.31. The summed E-state index contributed by atoms with van der Waals surface area (Å²) in [5.74, 6) is -1.60. The lowest BCUT2D eigenvalue weighted by molar-refractivity contribution is -0.137. The first-order chi connectivity index (χ1) is 14.2. The summed E-state index contributed by atoms with van der Waals surface area (Å²) in [6.45, 7) is 0. The van der Waals surface area contributed by atoms with E-state index in [0.29, 0.717) is 10.6 Å². The van der Waals surface area contributed by atoms with E-state index < -0.39 is 40.3 Å². The molecule has 1 amide bonds. The number of aromatic nitrogens is 3. The fourth-order valence-corrected chi connectivity index (χ4v) is 2.44. The number of nitrogens with zero attached hydrogens (tertiary/aromatic N) is 3. The molecule has 30 heavy (non-hydrogen) atoms. The van der Waals surface area contributed by atoms with Gasteiger partial charge < -0.3 is 5.11 Å². The van der Waals surface area contributed by atoms with Crippen molar-refractivity contribution >= 4 is 12.1 Å². The number of carbonyl (C=O) groups excluding carboxylic acids is 1. The summed E-state index contributed by atoms with van der Waals surface area (Å²) in [5, 5.41) is 13.9. The van der Waals surface area contributed by atoms with Gasteiger partial charge in [0, 0.05) is 18.0 Å². The van der Waals surface area contributed by atoms with Crippen LogP contribution >= 0.6 is 0 Å². The van der Waals surface area contributed by atoms with Crippen molar-refractivity contribution < 1.29 is 23.1 Å². The Hall–Kier alpha value is -4.22. The van der Waals surface area contributed by atoms with Gasteiger partial charge in [0.05, 0.1) is 17.5 Å². The average molecular weight is 419 g/mol. The van der Waals surface area contributed by atoms with E-state index in [1.54, 1.807) is 0 Å². The van der Waals surface area contributed by atoms with Gasteiger partial charge in [-0.15, -0.1) is 0 Å². The Bertz CT molecular complexity index is 1230. The first-order valence-corrected chi connectivity index (χ1v) is 8.18. The van der Waals surface area contributed by atoms with Gasteiger partial charge in [0.1, 0.15) is 5.56 Å².